The second-order valence-corrected chi connectivity index (χ2v) is 6.84. The van der Waals surface area contributed by atoms with Crippen molar-refractivity contribution in [3.8, 4) is 0 Å². The number of piperidine rings is 1. The molecule has 2 amide bonds. The summed E-state index contributed by atoms with van der Waals surface area (Å²) in [5.74, 6) is 0. The Hall–Kier alpha value is -0.810. The molecule has 3 N–H and O–H groups in total. The minimum absolute atomic E-state index is 0.262. The highest BCUT2D eigenvalue weighted by Gasteiger charge is 2.38. The first-order valence-corrected chi connectivity index (χ1v) is 8.18. The molecule has 3 rings (SSSR count). The van der Waals surface area contributed by atoms with Gasteiger partial charge in [0, 0.05) is 32.2 Å². The van der Waals surface area contributed by atoms with Crippen LogP contribution in [0.5, 0.6) is 0 Å². The molecule has 1 aliphatic carbocycles. The summed E-state index contributed by atoms with van der Waals surface area (Å²) < 4.78 is 0. The molecule has 1 saturated carbocycles. The van der Waals surface area contributed by atoms with E-state index in [0.29, 0.717) is 5.41 Å². The molecule has 0 atom stereocenters. The van der Waals surface area contributed by atoms with Gasteiger partial charge in [-0.15, -0.1) is 0 Å². The molecule has 20 heavy (non-hydrogen) atoms. The molecule has 2 saturated heterocycles. The van der Waals surface area contributed by atoms with Gasteiger partial charge < -0.3 is 16.0 Å². The van der Waals surface area contributed by atoms with Gasteiger partial charge >= 0.3 is 6.03 Å². The standard InChI is InChI=1S/C15H28N4O/c16-14(20)19-11-9-18(10-12-19)13-1-3-15(4-2-13)5-7-17-8-6-15/h13,17H,1-12H2,(H2,16,20). The lowest BCUT2D eigenvalue weighted by atomic mass is 9.67. The van der Waals surface area contributed by atoms with Gasteiger partial charge in [-0.25, -0.2) is 4.79 Å². The lowest BCUT2D eigenvalue weighted by molar-refractivity contribution is 0.0442. The van der Waals surface area contributed by atoms with Crippen LogP contribution in [0.3, 0.4) is 0 Å². The van der Waals surface area contributed by atoms with Crippen LogP contribution in [-0.4, -0.2) is 61.1 Å². The zero-order valence-corrected chi connectivity index (χ0v) is 12.4. The Morgan fingerprint density at radius 2 is 1.60 bits per heavy atom. The smallest absolute Gasteiger partial charge is 0.314 e. The van der Waals surface area contributed by atoms with Gasteiger partial charge in [0.05, 0.1) is 0 Å². The third-order valence-corrected chi connectivity index (χ3v) is 5.82. The number of urea groups is 1. The Kier molecular flexibility index (Phi) is 4.17. The fourth-order valence-corrected chi connectivity index (χ4v) is 4.34. The van der Waals surface area contributed by atoms with Crippen molar-refractivity contribution in [1.29, 1.82) is 0 Å². The maximum Gasteiger partial charge on any atom is 0.314 e. The lowest BCUT2D eigenvalue weighted by Crippen LogP contribution is -2.54. The second kappa shape index (κ2) is 5.90. The second-order valence-electron chi connectivity index (χ2n) is 6.84. The van der Waals surface area contributed by atoms with E-state index in [-0.39, 0.29) is 6.03 Å². The van der Waals surface area contributed by atoms with Crippen molar-refractivity contribution < 1.29 is 4.79 Å². The molecule has 5 heteroatoms. The quantitative estimate of drug-likeness (QED) is 0.753. The Balaban J connectivity index is 1.48. The number of primary amides is 1. The summed E-state index contributed by atoms with van der Waals surface area (Å²) in [6, 6.07) is 0.479. The predicted octanol–water partition coefficient (Wildman–Crippen LogP) is 0.995. The van der Waals surface area contributed by atoms with Gasteiger partial charge in [0.25, 0.3) is 0 Å². The fraction of sp³-hybridized carbons (Fsp3) is 0.933. The average molecular weight is 280 g/mol. The minimum Gasteiger partial charge on any atom is -0.351 e. The molecule has 0 bridgehead atoms. The Bertz CT molecular complexity index is 336. The van der Waals surface area contributed by atoms with Gasteiger partial charge in [0.1, 0.15) is 0 Å². The summed E-state index contributed by atoms with van der Waals surface area (Å²) in [5, 5.41) is 3.49. The molecule has 5 nitrogen and oxygen atoms in total. The van der Waals surface area contributed by atoms with Crippen LogP contribution in [-0.2, 0) is 0 Å². The number of nitrogens with two attached hydrogens (primary N) is 1. The molecule has 0 aromatic rings. The zero-order valence-electron chi connectivity index (χ0n) is 12.4. The normalized spacial score (nSPS) is 28.7. The summed E-state index contributed by atoms with van der Waals surface area (Å²) in [7, 11) is 0. The molecule has 2 aliphatic heterocycles. The van der Waals surface area contributed by atoms with Crippen LogP contribution in [0.4, 0.5) is 4.79 Å². The van der Waals surface area contributed by atoms with E-state index in [2.05, 4.69) is 10.2 Å². The van der Waals surface area contributed by atoms with E-state index in [0.717, 1.165) is 32.2 Å². The van der Waals surface area contributed by atoms with Crippen LogP contribution < -0.4 is 11.1 Å². The number of nitrogens with one attached hydrogen (secondary N) is 1. The van der Waals surface area contributed by atoms with Gasteiger partial charge in [-0.05, 0) is 57.0 Å². The number of hydrogen-bond donors (Lipinski definition) is 2. The van der Waals surface area contributed by atoms with Crippen molar-refractivity contribution in [3.63, 3.8) is 0 Å². The van der Waals surface area contributed by atoms with E-state index >= 15 is 0 Å². The number of hydrogen-bond acceptors (Lipinski definition) is 3. The average Bonchev–Trinajstić information content (AvgIpc) is 2.49. The summed E-state index contributed by atoms with van der Waals surface area (Å²) in [6.45, 7) is 6.04. The van der Waals surface area contributed by atoms with Crippen LogP contribution in [0.25, 0.3) is 0 Å². The highest BCUT2D eigenvalue weighted by Crippen LogP contribution is 2.44. The Morgan fingerprint density at radius 3 is 2.15 bits per heavy atom. The zero-order chi connectivity index (χ0) is 14.0. The van der Waals surface area contributed by atoms with Crippen LogP contribution in [0.15, 0.2) is 0 Å². The van der Waals surface area contributed by atoms with E-state index in [1.807, 2.05) is 0 Å². The van der Waals surface area contributed by atoms with Crippen LogP contribution >= 0.6 is 0 Å². The molecular weight excluding hydrogens is 252 g/mol. The monoisotopic (exact) mass is 280 g/mol. The molecule has 0 radical (unpaired) electrons. The van der Waals surface area contributed by atoms with E-state index in [1.54, 1.807) is 4.90 Å². The molecule has 1 spiro atoms. The first kappa shape index (κ1) is 14.1. The number of carbonyl (C=O) groups is 1. The Morgan fingerprint density at radius 1 is 1.00 bits per heavy atom. The summed E-state index contributed by atoms with van der Waals surface area (Å²) >= 11 is 0. The van der Waals surface area contributed by atoms with Gasteiger partial charge in [-0.3, -0.25) is 4.90 Å². The van der Waals surface area contributed by atoms with Crippen LogP contribution in [0.1, 0.15) is 38.5 Å². The van der Waals surface area contributed by atoms with E-state index in [9.17, 15) is 4.79 Å². The summed E-state index contributed by atoms with van der Waals surface area (Å²) in [5.41, 5.74) is 6.00. The maximum atomic E-state index is 11.2. The molecule has 3 aliphatic rings. The first-order valence-electron chi connectivity index (χ1n) is 8.18. The first-order chi connectivity index (χ1) is 9.69. The summed E-state index contributed by atoms with van der Waals surface area (Å²) in [4.78, 5) is 15.5. The molecule has 3 fully saturated rings. The van der Waals surface area contributed by atoms with Crippen molar-refractivity contribution in [2.75, 3.05) is 39.3 Å². The highest BCUT2D eigenvalue weighted by atomic mass is 16.2. The van der Waals surface area contributed by atoms with Crippen molar-refractivity contribution in [2.45, 2.75) is 44.6 Å². The van der Waals surface area contributed by atoms with Crippen molar-refractivity contribution in [1.82, 2.24) is 15.1 Å². The van der Waals surface area contributed by atoms with E-state index in [4.69, 9.17) is 5.73 Å². The number of carbonyl (C=O) groups excluding carboxylic acids is 1. The predicted molar refractivity (Wildman–Crippen MR) is 79.5 cm³/mol. The van der Waals surface area contributed by atoms with Crippen molar-refractivity contribution in [3.05, 3.63) is 0 Å². The van der Waals surface area contributed by atoms with Crippen molar-refractivity contribution in [2.24, 2.45) is 11.1 Å². The molecule has 114 valence electrons. The molecule has 2 heterocycles. The largest absolute Gasteiger partial charge is 0.351 e. The highest BCUT2D eigenvalue weighted by molar-refractivity contribution is 5.72. The van der Waals surface area contributed by atoms with Gasteiger partial charge in [-0.2, -0.15) is 0 Å². The van der Waals surface area contributed by atoms with Gasteiger partial charge in [-0.1, -0.05) is 0 Å². The molecule has 0 aromatic heterocycles. The van der Waals surface area contributed by atoms with Crippen LogP contribution in [0.2, 0.25) is 0 Å². The summed E-state index contributed by atoms with van der Waals surface area (Å²) in [6.07, 6.45) is 8.22. The van der Waals surface area contributed by atoms with E-state index in [1.165, 1.54) is 51.6 Å². The molecule has 0 aromatic carbocycles. The Labute approximate surface area is 121 Å². The molecule has 0 unspecified atom stereocenters. The number of nitrogens with zero attached hydrogens (tertiary/aromatic N) is 2. The topological polar surface area (TPSA) is 61.6 Å². The number of piperazine rings is 1. The number of rotatable bonds is 1. The fourth-order valence-electron chi connectivity index (χ4n) is 4.34. The minimum atomic E-state index is -0.262. The maximum absolute atomic E-state index is 11.2. The third kappa shape index (κ3) is 2.93. The van der Waals surface area contributed by atoms with E-state index < -0.39 is 0 Å². The third-order valence-electron chi connectivity index (χ3n) is 5.82. The van der Waals surface area contributed by atoms with Gasteiger partial charge in [0.2, 0.25) is 0 Å². The number of amides is 2. The van der Waals surface area contributed by atoms with Crippen molar-refractivity contribution >= 4 is 6.03 Å². The SMILES string of the molecule is NC(=O)N1CCN(C2CCC3(CCNCC3)CC2)CC1. The molecular formula is C15H28N4O. The lowest BCUT2D eigenvalue weighted by Gasteiger charge is -2.47. The van der Waals surface area contributed by atoms with Gasteiger partial charge in [0.15, 0.2) is 0 Å². The van der Waals surface area contributed by atoms with Crippen LogP contribution in [0, 0.1) is 5.41 Å².